The van der Waals surface area contributed by atoms with Crippen molar-refractivity contribution in [1.82, 2.24) is 15.3 Å². The number of rotatable bonds is 4. The summed E-state index contributed by atoms with van der Waals surface area (Å²) in [6.45, 7) is 7.19. The van der Waals surface area contributed by atoms with Gasteiger partial charge in [0.05, 0.1) is 0 Å². The van der Waals surface area contributed by atoms with Gasteiger partial charge < -0.3 is 15.5 Å². The Morgan fingerprint density at radius 1 is 1.33 bits per heavy atom. The third kappa shape index (κ3) is 3.09. The quantitative estimate of drug-likeness (QED) is 0.877. The van der Waals surface area contributed by atoms with Crippen LogP contribution < -0.4 is 15.5 Å². The smallest absolute Gasteiger partial charge is 0.221 e. The molecule has 0 atom stereocenters. The van der Waals surface area contributed by atoms with Crippen LogP contribution in [0.4, 0.5) is 11.6 Å². The number of anilines is 2. The van der Waals surface area contributed by atoms with E-state index in [2.05, 4.69) is 34.4 Å². The summed E-state index contributed by atoms with van der Waals surface area (Å²) in [6, 6.07) is 0. The van der Waals surface area contributed by atoms with Gasteiger partial charge in [-0.05, 0) is 26.7 Å². The van der Waals surface area contributed by atoms with Crippen molar-refractivity contribution in [1.29, 1.82) is 0 Å². The Hall–Kier alpha value is -1.85. The zero-order valence-corrected chi connectivity index (χ0v) is 12.8. The van der Waals surface area contributed by atoms with E-state index in [0.29, 0.717) is 18.9 Å². The molecule has 21 heavy (non-hydrogen) atoms. The second-order valence-corrected chi connectivity index (χ2v) is 5.77. The summed E-state index contributed by atoms with van der Waals surface area (Å²) in [5.74, 6) is 3.52. The van der Waals surface area contributed by atoms with E-state index in [0.717, 1.165) is 42.7 Å². The summed E-state index contributed by atoms with van der Waals surface area (Å²) in [4.78, 5) is 23.2. The summed E-state index contributed by atoms with van der Waals surface area (Å²) in [7, 11) is 0. The van der Waals surface area contributed by atoms with Crippen molar-refractivity contribution in [2.24, 2.45) is 0 Å². The van der Waals surface area contributed by atoms with E-state index in [9.17, 15) is 4.79 Å². The molecule has 2 aliphatic rings. The number of nitrogens with zero attached hydrogens (tertiary/aromatic N) is 3. The van der Waals surface area contributed by atoms with Crippen molar-refractivity contribution in [3.63, 3.8) is 0 Å². The molecular formula is C15H23N5O. The van der Waals surface area contributed by atoms with Gasteiger partial charge in [-0.25, -0.2) is 9.97 Å². The van der Waals surface area contributed by atoms with E-state index in [1.54, 1.807) is 0 Å². The molecule has 0 aromatic carbocycles. The Balaban J connectivity index is 1.93. The highest BCUT2D eigenvalue weighted by Gasteiger charge is 2.29. The third-order valence-electron chi connectivity index (χ3n) is 4.04. The molecular weight excluding hydrogens is 266 g/mol. The Labute approximate surface area is 125 Å². The van der Waals surface area contributed by atoms with Crippen LogP contribution in [0.25, 0.3) is 0 Å². The average molecular weight is 289 g/mol. The largest absolute Gasteiger partial charge is 0.370 e. The first-order chi connectivity index (χ1) is 10.2. The van der Waals surface area contributed by atoms with Gasteiger partial charge in [0, 0.05) is 44.1 Å². The van der Waals surface area contributed by atoms with E-state index in [1.807, 2.05) is 0 Å². The van der Waals surface area contributed by atoms with Crippen molar-refractivity contribution >= 4 is 17.5 Å². The Morgan fingerprint density at radius 2 is 2.14 bits per heavy atom. The highest BCUT2D eigenvalue weighted by atomic mass is 16.1. The number of carbonyl (C=O) groups is 1. The van der Waals surface area contributed by atoms with Gasteiger partial charge in [0.15, 0.2) is 0 Å². The van der Waals surface area contributed by atoms with E-state index in [1.165, 1.54) is 12.8 Å². The van der Waals surface area contributed by atoms with Crippen LogP contribution in [0, 0.1) is 6.92 Å². The van der Waals surface area contributed by atoms with Crippen LogP contribution in [-0.4, -0.2) is 42.1 Å². The van der Waals surface area contributed by atoms with Crippen molar-refractivity contribution < 1.29 is 4.79 Å². The lowest BCUT2D eigenvalue weighted by atomic mass is 10.2. The van der Waals surface area contributed by atoms with Gasteiger partial charge in [-0.3, -0.25) is 4.79 Å². The number of carbonyl (C=O) groups excluding carboxylic acids is 1. The van der Waals surface area contributed by atoms with Gasteiger partial charge >= 0.3 is 0 Å². The molecule has 114 valence electrons. The van der Waals surface area contributed by atoms with Gasteiger partial charge in [0.25, 0.3) is 0 Å². The normalized spacial score (nSPS) is 19.1. The molecule has 2 N–H and O–H groups in total. The molecule has 1 saturated carbocycles. The van der Waals surface area contributed by atoms with E-state index >= 15 is 0 Å². The summed E-state index contributed by atoms with van der Waals surface area (Å²) in [5.41, 5.74) is 1.08. The molecule has 1 saturated heterocycles. The SMILES string of the molecule is CCNc1nc(C2CC2)nc(N2CCNC(=O)CC2)c1C. The summed E-state index contributed by atoms with van der Waals surface area (Å²) in [6.07, 6.45) is 2.90. The molecule has 1 amide bonds. The van der Waals surface area contributed by atoms with E-state index in [-0.39, 0.29) is 5.91 Å². The lowest BCUT2D eigenvalue weighted by Gasteiger charge is -2.24. The fraction of sp³-hybridized carbons (Fsp3) is 0.667. The molecule has 1 aromatic heterocycles. The van der Waals surface area contributed by atoms with E-state index < -0.39 is 0 Å². The average Bonchev–Trinajstić information content (AvgIpc) is 3.29. The van der Waals surface area contributed by atoms with Gasteiger partial charge in [-0.2, -0.15) is 0 Å². The van der Waals surface area contributed by atoms with Gasteiger partial charge in [-0.1, -0.05) is 0 Å². The van der Waals surface area contributed by atoms with Crippen molar-refractivity contribution in [2.75, 3.05) is 36.4 Å². The minimum Gasteiger partial charge on any atom is -0.370 e. The number of amides is 1. The van der Waals surface area contributed by atoms with Crippen LogP contribution in [-0.2, 0) is 4.79 Å². The third-order valence-corrected chi connectivity index (χ3v) is 4.04. The van der Waals surface area contributed by atoms with Gasteiger partial charge in [0.1, 0.15) is 17.5 Å². The van der Waals surface area contributed by atoms with E-state index in [4.69, 9.17) is 4.98 Å². The molecule has 0 unspecified atom stereocenters. The fourth-order valence-electron chi connectivity index (χ4n) is 2.67. The first-order valence-electron chi connectivity index (χ1n) is 7.83. The maximum atomic E-state index is 11.5. The first kappa shape index (κ1) is 14.1. The Kier molecular flexibility index (Phi) is 3.94. The Morgan fingerprint density at radius 3 is 2.86 bits per heavy atom. The summed E-state index contributed by atoms with van der Waals surface area (Å²) >= 11 is 0. The van der Waals surface area contributed by atoms with Crippen LogP contribution in [0.1, 0.15) is 43.5 Å². The topological polar surface area (TPSA) is 70.2 Å². The standard InChI is InChI=1S/C15H23N5O/c1-3-16-13-10(2)15(19-14(18-13)11-4-5-11)20-8-6-12(21)17-7-9-20/h11H,3-9H2,1-2H3,(H,17,21)(H,16,18,19). The lowest BCUT2D eigenvalue weighted by molar-refractivity contribution is -0.120. The Bertz CT molecular complexity index is 541. The maximum absolute atomic E-state index is 11.5. The van der Waals surface area contributed by atoms with Gasteiger partial charge in [0.2, 0.25) is 5.91 Å². The predicted molar refractivity (Wildman–Crippen MR) is 82.7 cm³/mol. The van der Waals surface area contributed by atoms with Crippen LogP contribution >= 0.6 is 0 Å². The van der Waals surface area contributed by atoms with Crippen LogP contribution in [0.5, 0.6) is 0 Å². The molecule has 2 fully saturated rings. The summed E-state index contributed by atoms with van der Waals surface area (Å²) < 4.78 is 0. The van der Waals surface area contributed by atoms with Crippen LogP contribution in [0.3, 0.4) is 0 Å². The van der Waals surface area contributed by atoms with Crippen molar-refractivity contribution in [2.45, 2.75) is 39.0 Å². The molecule has 0 bridgehead atoms. The molecule has 6 nitrogen and oxygen atoms in total. The van der Waals surface area contributed by atoms with Crippen LogP contribution in [0.15, 0.2) is 0 Å². The van der Waals surface area contributed by atoms with Crippen molar-refractivity contribution in [3.05, 3.63) is 11.4 Å². The first-order valence-corrected chi connectivity index (χ1v) is 7.83. The molecule has 1 aliphatic carbocycles. The second-order valence-electron chi connectivity index (χ2n) is 5.77. The minimum atomic E-state index is 0.124. The molecule has 6 heteroatoms. The molecule has 2 heterocycles. The predicted octanol–water partition coefficient (Wildman–Crippen LogP) is 1.42. The molecule has 1 aliphatic heterocycles. The fourth-order valence-corrected chi connectivity index (χ4v) is 2.67. The number of hydrogen-bond acceptors (Lipinski definition) is 5. The monoisotopic (exact) mass is 289 g/mol. The van der Waals surface area contributed by atoms with Crippen LogP contribution in [0.2, 0.25) is 0 Å². The lowest BCUT2D eigenvalue weighted by Crippen LogP contribution is -2.30. The zero-order valence-electron chi connectivity index (χ0n) is 12.8. The number of hydrogen-bond donors (Lipinski definition) is 2. The number of aromatic nitrogens is 2. The molecule has 0 spiro atoms. The minimum absolute atomic E-state index is 0.124. The molecule has 3 rings (SSSR count). The van der Waals surface area contributed by atoms with Gasteiger partial charge in [-0.15, -0.1) is 0 Å². The highest BCUT2D eigenvalue weighted by molar-refractivity contribution is 5.77. The maximum Gasteiger partial charge on any atom is 0.221 e. The highest BCUT2D eigenvalue weighted by Crippen LogP contribution is 2.40. The second kappa shape index (κ2) is 5.87. The molecule has 0 radical (unpaired) electrons. The number of nitrogens with one attached hydrogen (secondary N) is 2. The zero-order chi connectivity index (χ0) is 14.8. The summed E-state index contributed by atoms with van der Waals surface area (Å²) in [5, 5.41) is 6.26. The molecule has 1 aromatic rings. The van der Waals surface area contributed by atoms with Crippen molar-refractivity contribution in [3.8, 4) is 0 Å².